The lowest BCUT2D eigenvalue weighted by atomic mass is 9.58. The fourth-order valence-electron chi connectivity index (χ4n) is 3.61. The van der Waals surface area contributed by atoms with Crippen molar-refractivity contribution in [1.29, 1.82) is 0 Å². The maximum atomic E-state index is 10.2. The second kappa shape index (κ2) is 5.72. The van der Waals surface area contributed by atoms with Crippen molar-refractivity contribution < 1.29 is 9.84 Å². The normalized spacial score (nSPS) is 29.6. The summed E-state index contributed by atoms with van der Waals surface area (Å²) in [5, 5.41) is 13.5. The van der Waals surface area contributed by atoms with Crippen LogP contribution in [0.2, 0.25) is 0 Å². The summed E-state index contributed by atoms with van der Waals surface area (Å²) in [5.41, 5.74) is 1.15. The summed E-state index contributed by atoms with van der Waals surface area (Å²) < 4.78 is 5.81. The minimum absolute atomic E-state index is 0.0330. The Bertz CT molecular complexity index is 452. The fraction of sp³-hybridized carbons (Fsp3) is 0.800. The molecule has 0 radical (unpaired) electrons. The Morgan fingerprint density at radius 2 is 2.25 bits per heavy atom. The van der Waals surface area contributed by atoms with Crippen molar-refractivity contribution in [1.82, 2.24) is 9.88 Å². The van der Waals surface area contributed by atoms with E-state index in [2.05, 4.69) is 15.3 Å². The van der Waals surface area contributed by atoms with E-state index in [0.717, 1.165) is 51.2 Å². The highest BCUT2D eigenvalue weighted by Crippen LogP contribution is 2.51. The summed E-state index contributed by atoms with van der Waals surface area (Å²) in [5.74, 6) is 0. The molecule has 1 aromatic rings. The topological polar surface area (TPSA) is 45.6 Å². The van der Waals surface area contributed by atoms with Gasteiger partial charge in [-0.1, -0.05) is 0 Å². The molecule has 0 unspecified atom stereocenters. The van der Waals surface area contributed by atoms with Gasteiger partial charge in [0.1, 0.15) is 5.01 Å². The van der Waals surface area contributed by atoms with E-state index in [1.807, 2.05) is 13.8 Å². The second-order valence-corrected chi connectivity index (χ2v) is 7.03. The van der Waals surface area contributed by atoms with Gasteiger partial charge in [0.25, 0.3) is 0 Å². The van der Waals surface area contributed by atoms with Gasteiger partial charge in [0.05, 0.1) is 18.8 Å². The number of nitrogens with zero attached hydrogens (tertiary/aromatic N) is 2. The van der Waals surface area contributed by atoms with E-state index in [1.54, 1.807) is 11.3 Å². The number of thiazole rings is 1. The molecule has 2 heterocycles. The first kappa shape index (κ1) is 14.4. The standard InChI is InChI=1S/C15H24N2O2S/c1-3-19-13-8-12(18)15(13)4-6-17(7-5-15)9-14-16-11(2)10-20-14/h10,12-13,18H,3-9H2,1-2H3/t12-,13-/m0/s1. The Morgan fingerprint density at radius 3 is 2.80 bits per heavy atom. The summed E-state index contributed by atoms with van der Waals surface area (Å²) in [7, 11) is 0. The first-order valence-electron chi connectivity index (χ1n) is 7.57. The van der Waals surface area contributed by atoms with Gasteiger partial charge in [-0.05, 0) is 39.8 Å². The minimum Gasteiger partial charge on any atom is -0.392 e. The molecule has 20 heavy (non-hydrogen) atoms. The third kappa shape index (κ3) is 2.52. The smallest absolute Gasteiger partial charge is 0.107 e. The molecule has 0 bridgehead atoms. The van der Waals surface area contributed by atoms with E-state index in [9.17, 15) is 5.11 Å². The molecule has 1 saturated heterocycles. The molecule has 4 nitrogen and oxygen atoms in total. The van der Waals surface area contributed by atoms with E-state index in [0.29, 0.717) is 0 Å². The lowest BCUT2D eigenvalue weighted by Crippen LogP contribution is -2.62. The Hall–Kier alpha value is -0.490. The van der Waals surface area contributed by atoms with Gasteiger partial charge in [-0.3, -0.25) is 4.90 Å². The first-order valence-corrected chi connectivity index (χ1v) is 8.45. The van der Waals surface area contributed by atoms with Gasteiger partial charge in [0.15, 0.2) is 0 Å². The molecule has 1 N–H and O–H groups in total. The van der Waals surface area contributed by atoms with E-state index >= 15 is 0 Å². The van der Waals surface area contributed by atoms with Crippen molar-refractivity contribution in [3.8, 4) is 0 Å². The molecule has 1 aliphatic carbocycles. The van der Waals surface area contributed by atoms with Gasteiger partial charge in [-0.25, -0.2) is 4.98 Å². The number of aliphatic hydroxyl groups excluding tert-OH is 1. The molecule has 1 aliphatic heterocycles. The van der Waals surface area contributed by atoms with Crippen LogP contribution in [0.25, 0.3) is 0 Å². The van der Waals surface area contributed by atoms with Crippen LogP contribution in [0.4, 0.5) is 0 Å². The number of piperidine rings is 1. The number of hydrogen-bond acceptors (Lipinski definition) is 5. The molecule has 112 valence electrons. The molecule has 1 spiro atoms. The maximum Gasteiger partial charge on any atom is 0.107 e. The number of ether oxygens (including phenoxy) is 1. The fourth-order valence-corrected chi connectivity index (χ4v) is 4.42. The van der Waals surface area contributed by atoms with E-state index in [-0.39, 0.29) is 17.6 Å². The van der Waals surface area contributed by atoms with Crippen LogP contribution >= 0.6 is 11.3 Å². The highest BCUT2D eigenvalue weighted by molar-refractivity contribution is 7.09. The molecule has 2 atom stereocenters. The number of aryl methyl sites for hydroxylation is 1. The van der Waals surface area contributed by atoms with E-state index in [1.165, 1.54) is 5.01 Å². The Balaban J connectivity index is 1.56. The third-order valence-electron chi connectivity index (χ3n) is 4.92. The second-order valence-electron chi connectivity index (χ2n) is 6.09. The average molecular weight is 296 g/mol. The van der Waals surface area contributed by atoms with Crippen LogP contribution in [0.3, 0.4) is 0 Å². The van der Waals surface area contributed by atoms with Gasteiger partial charge in [-0.2, -0.15) is 0 Å². The SMILES string of the molecule is CCO[C@H]1C[C@H](O)C12CCN(Cc1nc(C)cs1)CC2. The van der Waals surface area contributed by atoms with Gasteiger partial charge in [-0.15, -0.1) is 11.3 Å². The molecule has 5 heteroatoms. The number of rotatable bonds is 4. The lowest BCUT2D eigenvalue weighted by Gasteiger charge is -2.56. The Morgan fingerprint density at radius 1 is 1.50 bits per heavy atom. The van der Waals surface area contributed by atoms with Crippen molar-refractivity contribution in [3.63, 3.8) is 0 Å². The molecule has 1 saturated carbocycles. The molecule has 1 aromatic heterocycles. The molecule has 0 aromatic carbocycles. The largest absolute Gasteiger partial charge is 0.392 e. The molecular formula is C15H24N2O2S. The van der Waals surface area contributed by atoms with Crippen molar-refractivity contribution in [2.75, 3.05) is 19.7 Å². The zero-order chi connectivity index (χ0) is 14.2. The quantitative estimate of drug-likeness (QED) is 0.925. The predicted molar refractivity (Wildman–Crippen MR) is 79.8 cm³/mol. The number of hydrogen-bond donors (Lipinski definition) is 1. The van der Waals surface area contributed by atoms with Gasteiger partial charge in [0.2, 0.25) is 0 Å². The van der Waals surface area contributed by atoms with Gasteiger partial charge < -0.3 is 9.84 Å². The van der Waals surface area contributed by atoms with Crippen molar-refractivity contribution in [3.05, 3.63) is 16.1 Å². The summed E-state index contributed by atoms with van der Waals surface area (Å²) in [6.45, 7) is 7.87. The molecule has 0 amide bonds. The summed E-state index contributed by atoms with van der Waals surface area (Å²) in [4.78, 5) is 6.99. The monoisotopic (exact) mass is 296 g/mol. The van der Waals surface area contributed by atoms with Crippen LogP contribution < -0.4 is 0 Å². The summed E-state index contributed by atoms with van der Waals surface area (Å²) >= 11 is 1.75. The Kier molecular flexibility index (Phi) is 4.13. The highest BCUT2D eigenvalue weighted by Gasteiger charge is 2.55. The minimum atomic E-state index is -0.164. The number of aliphatic hydroxyl groups is 1. The summed E-state index contributed by atoms with van der Waals surface area (Å²) in [6.07, 6.45) is 3.02. The van der Waals surface area contributed by atoms with E-state index < -0.39 is 0 Å². The van der Waals surface area contributed by atoms with Crippen LogP contribution in [0.15, 0.2) is 5.38 Å². The van der Waals surface area contributed by atoms with Crippen molar-refractivity contribution in [2.24, 2.45) is 5.41 Å². The van der Waals surface area contributed by atoms with Crippen LogP contribution in [-0.2, 0) is 11.3 Å². The molecular weight excluding hydrogens is 272 g/mol. The first-order chi connectivity index (χ1) is 9.64. The number of likely N-dealkylation sites (tertiary alicyclic amines) is 1. The summed E-state index contributed by atoms with van der Waals surface area (Å²) in [6, 6.07) is 0. The van der Waals surface area contributed by atoms with Crippen LogP contribution in [0, 0.1) is 12.3 Å². The average Bonchev–Trinajstić information content (AvgIpc) is 2.85. The van der Waals surface area contributed by atoms with Crippen LogP contribution in [0.1, 0.15) is 36.9 Å². The highest BCUT2D eigenvalue weighted by atomic mass is 32.1. The van der Waals surface area contributed by atoms with Gasteiger partial charge in [0, 0.05) is 29.5 Å². The lowest BCUT2D eigenvalue weighted by molar-refractivity contribution is -0.209. The van der Waals surface area contributed by atoms with E-state index in [4.69, 9.17) is 4.74 Å². The van der Waals surface area contributed by atoms with Crippen LogP contribution in [0.5, 0.6) is 0 Å². The zero-order valence-electron chi connectivity index (χ0n) is 12.3. The molecule has 3 rings (SSSR count). The third-order valence-corrected chi connectivity index (χ3v) is 5.87. The predicted octanol–water partition coefficient (Wildman–Crippen LogP) is 2.20. The van der Waals surface area contributed by atoms with Crippen LogP contribution in [-0.4, -0.2) is 46.9 Å². The maximum absolute atomic E-state index is 10.2. The zero-order valence-corrected chi connectivity index (χ0v) is 13.2. The Labute approximate surface area is 124 Å². The van der Waals surface area contributed by atoms with Crippen molar-refractivity contribution >= 4 is 11.3 Å². The number of aromatic nitrogens is 1. The van der Waals surface area contributed by atoms with Gasteiger partial charge >= 0.3 is 0 Å². The molecule has 2 aliphatic rings. The van der Waals surface area contributed by atoms with Crippen molar-refractivity contribution in [2.45, 2.75) is 51.9 Å². The molecule has 2 fully saturated rings.